The summed E-state index contributed by atoms with van der Waals surface area (Å²) >= 11 is 5.83. The molecule has 0 aliphatic carbocycles. The Morgan fingerprint density at radius 1 is 1.00 bits per heavy atom. The maximum absolute atomic E-state index is 5.83. The van der Waals surface area contributed by atoms with Crippen molar-refractivity contribution < 1.29 is 4.52 Å². The third kappa shape index (κ3) is 3.81. The number of halogens is 1. The van der Waals surface area contributed by atoms with E-state index in [1.165, 1.54) is 5.56 Å². The molecule has 1 aliphatic rings. The molecule has 1 aliphatic heterocycles. The Bertz CT molecular complexity index is 813. The molecule has 25 heavy (non-hydrogen) atoms. The van der Waals surface area contributed by atoms with E-state index >= 15 is 0 Å². The minimum atomic E-state index is 0.528. The third-order valence-electron chi connectivity index (χ3n) is 4.29. The van der Waals surface area contributed by atoms with Gasteiger partial charge in [-0.15, -0.1) is 0 Å². The highest BCUT2D eigenvalue weighted by atomic mass is 35.5. The van der Waals surface area contributed by atoms with Crippen molar-refractivity contribution in [1.29, 1.82) is 0 Å². The Labute approximate surface area is 151 Å². The summed E-state index contributed by atoms with van der Waals surface area (Å²) in [5.41, 5.74) is 2.11. The second kappa shape index (κ2) is 7.21. The number of benzene rings is 1. The first-order valence-corrected chi connectivity index (χ1v) is 8.62. The minimum absolute atomic E-state index is 0.528. The van der Waals surface area contributed by atoms with Gasteiger partial charge in [-0.2, -0.15) is 4.98 Å². The van der Waals surface area contributed by atoms with Crippen LogP contribution in [0, 0.1) is 0 Å². The molecule has 0 radical (unpaired) electrons. The smallest absolute Gasteiger partial charge is 0.266 e. The van der Waals surface area contributed by atoms with Gasteiger partial charge in [0.1, 0.15) is 5.15 Å². The van der Waals surface area contributed by atoms with Crippen LogP contribution < -0.4 is 4.90 Å². The average molecular weight is 356 g/mol. The monoisotopic (exact) mass is 355 g/mol. The van der Waals surface area contributed by atoms with Crippen LogP contribution in [0.15, 0.2) is 53.2 Å². The molecule has 3 heterocycles. The fraction of sp³-hybridized carbons (Fsp3) is 0.278. The van der Waals surface area contributed by atoms with E-state index in [9.17, 15) is 0 Å². The Kier molecular flexibility index (Phi) is 4.63. The molecule has 7 heteroatoms. The fourth-order valence-corrected chi connectivity index (χ4v) is 3.02. The van der Waals surface area contributed by atoms with Crippen molar-refractivity contribution in [3.8, 4) is 11.5 Å². The fourth-order valence-electron chi connectivity index (χ4n) is 2.91. The predicted molar refractivity (Wildman–Crippen MR) is 96.5 cm³/mol. The molecule has 2 aromatic heterocycles. The molecule has 0 amide bonds. The first kappa shape index (κ1) is 16.1. The van der Waals surface area contributed by atoms with E-state index < -0.39 is 0 Å². The number of pyridine rings is 1. The van der Waals surface area contributed by atoms with E-state index in [4.69, 9.17) is 16.1 Å². The number of rotatable bonds is 4. The summed E-state index contributed by atoms with van der Waals surface area (Å²) in [5.74, 6) is 1.22. The van der Waals surface area contributed by atoms with Crippen molar-refractivity contribution in [1.82, 2.24) is 20.0 Å². The molecule has 6 nitrogen and oxygen atoms in total. The van der Waals surface area contributed by atoms with E-state index in [0.29, 0.717) is 17.0 Å². The van der Waals surface area contributed by atoms with E-state index in [-0.39, 0.29) is 0 Å². The number of hydrogen-bond acceptors (Lipinski definition) is 6. The van der Waals surface area contributed by atoms with Gasteiger partial charge in [-0.1, -0.05) is 35.9 Å². The van der Waals surface area contributed by atoms with Gasteiger partial charge < -0.3 is 9.42 Å². The van der Waals surface area contributed by atoms with E-state index in [1.807, 2.05) is 48.7 Å². The van der Waals surface area contributed by atoms with Gasteiger partial charge in [0.25, 0.3) is 11.8 Å². The molecule has 128 valence electrons. The van der Waals surface area contributed by atoms with Gasteiger partial charge >= 0.3 is 0 Å². The summed E-state index contributed by atoms with van der Waals surface area (Å²) < 4.78 is 5.40. The Morgan fingerprint density at radius 2 is 1.80 bits per heavy atom. The molecule has 0 spiro atoms. The van der Waals surface area contributed by atoms with Crippen LogP contribution >= 0.6 is 11.6 Å². The minimum Gasteiger partial charge on any atom is -0.336 e. The second-order valence-corrected chi connectivity index (χ2v) is 6.41. The Morgan fingerprint density at radius 3 is 2.52 bits per heavy atom. The van der Waals surface area contributed by atoms with Crippen molar-refractivity contribution in [3.63, 3.8) is 0 Å². The van der Waals surface area contributed by atoms with Gasteiger partial charge in [0, 0.05) is 44.5 Å². The Hall–Kier alpha value is -2.44. The normalized spacial score (nSPS) is 15.5. The Balaban J connectivity index is 1.36. The van der Waals surface area contributed by atoms with Gasteiger partial charge in [0.2, 0.25) is 0 Å². The number of aromatic nitrogens is 3. The summed E-state index contributed by atoms with van der Waals surface area (Å²) in [6.45, 7) is 4.50. The summed E-state index contributed by atoms with van der Waals surface area (Å²) in [5, 5.41) is 4.66. The molecule has 1 fully saturated rings. The maximum atomic E-state index is 5.83. The van der Waals surface area contributed by atoms with Crippen molar-refractivity contribution in [2.75, 3.05) is 31.1 Å². The lowest BCUT2D eigenvalue weighted by Gasteiger charge is -2.33. The van der Waals surface area contributed by atoms with Crippen LogP contribution in [0.2, 0.25) is 5.15 Å². The van der Waals surface area contributed by atoms with Crippen LogP contribution in [-0.2, 0) is 6.54 Å². The quantitative estimate of drug-likeness (QED) is 0.670. The van der Waals surface area contributed by atoms with E-state index in [2.05, 4.69) is 24.9 Å². The molecule has 0 N–H and O–H groups in total. The molecule has 3 aromatic rings. The highest BCUT2D eigenvalue weighted by Crippen LogP contribution is 2.21. The molecule has 0 bridgehead atoms. The number of nitrogens with zero attached hydrogens (tertiary/aromatic N) is 5. The first-order valence-electron chi connectivity index (χ1n) is 8.25. The molecular formula is C18H18ClN5O. The zero-order valence-corrected chi connectivity index (χ0v) is 14.4. The van der Waals surface area contributed by atoms with E-state index in [1.54, 1.807) is 0 Å². The lowest BCUT2D eigenvalue weighted by atomic mass is 10.2. The SMILES string of the molecule is Clc1ccc(CN2CCN(c3noc(-c4ccccc4)n3)CC2)cn1. The van der Waals surface area contributed by atoms with Crippen molar-refractivity contribution >= 4 is 17.5 Å². The lowest BCUT2D eigenvalue weighted by molar-refractivity contribution is 0.247. The zero-order valence-electron chi connectivity index (χ0n) is 13.7. The largest absolute Gasteiger partial charge is 0.336 e. The predicted octanol–water partition coefficient (Wildman–Crippen LogP) is 3.11. The molecule has 1 saturated heterocycles. The van der Waals surface area contributed by atoms with Crippen molar-refractivity contribution in [2.24, 2.45) is 0 Å². The summed E-state index contributed by atoms with van der Waals surface area (Å²) in [4.78, 5) is 13.2. The van der Waals surface area contributed by atoms with Crippen LogP contribution in [-0.4, -0.2) is 46.2 Å². The highest BCUT2D eigenvalue weighted by molar-refractivity contribution is 6.29. The van der Waals surface area contributed by atoms with Crippen molar-refractivity contribution in [2.45, 2.75) is 6.54 Å². The van der Waals surface area contributed by atoms with Crippen LogP contribution in [0.5, 0.6) is 0 Å². The van der Waals surface area contributed by atoms with Crippen LogP contribution in [0.4, 0.5) is 5.95 Å². The third-order valence-corrected chi connectivity index (χ3v) is 4.51. The molecule has 1 aromatic carbocycles. The first-order chi connectivity index (χ1) is 12.3. The molecule has 0 saturated carbocycles. The highest BCUT2D eigenvalue weighted by Gasteiger charge is 2.21. The van der Waals surface area contributed by atoms with Crippen molar-refractivity contribution in [3.05, 3.63) is 59.4 Å². The van der Waals surface area contributed by atoms with Crippen LogP contribution in [0.25, 0.3) is 11.5 Å². The van der Waals surface area contributed by atoms with Gasteiger partial charge in [-0.25, -0.2) is 4.98 Å². The van der Waals surface area contributed by atoms with E-state index in [0.717, 1.165) is 38.3 Å². The number of piperazine rings is 1. The van der Waals surface area contributed by atoms with Gasteiger partial charge in [-0.3, -0.25) is 4.90 Å². The van der Waals surface area contributed by atoms with Gasteiger partial charge in [-0.05, 0) is 28.9 Å². The van der Waals surface area contributed by atoms with Gasteiger partial charge in [0.15, 0.2) is 0 Å². The lowest BCUT2D eigenvalue weighted by Crippen LogP contribution is -2.46. The topological polar surface area (TPSA) is 58.3 Å². The molecule has 4 rings (SSSR count). The van der Waals surface area contributed by atoms with Crippen LogP contribution in [0.1, 0.15) is 5.56 Å². The maximum Gasteiger partial charge on any atom is 0.266 e. The average Bonchev–Trinajstić information content (AvgIpc) is 3.15. The molecule has 0 unspecified atom stereocenters. The second-order valence-electron chi connectivity index (χ2n) is 6.02. The summed E-state index contributed by atoms with van der Waals surface area (Å²) in [6, 6.07) is 13.7. The number of hydrogen-bond donors (Lipinski definition) is 0. The number of anilines is 1. The summed E-state index contributed by atoms with van der Waals surface area (Å²) in [6.07, 6.45) is 1.83. The summed E-state index contributed by atoms with van der Waals surface area (Å²) in [7, 11) is 0. The standard InChI is InChI=1S/C18H18ClN5O/c19-16-7-6-14(12-20-16)13-23-8-10-24(11-9-23)18-21-17(25-22-18)15-4-2-1-3-5-15/h1-7,12H,8-11,13H2. The zero-order chi connectivity index (χ0) is 17.1. The molecular weight excluding hydrogens is 338 g/mol. The van der Waals surface area contributed by atoms with Gasteiger partial charge in [0.05, 0.1) is 0 Å². The van der Waals surface area contributed by atoms with Crippen LogP contribution in [0.3, 0.4) is 0 Å². The molecule has 0 atom stereocenters.